The largest absolute Gasteiger partial charge is 0.490 e. The first-order valence-electron chi connectivity index (χ1n) is 5.64. The molecule has 0 amide bonds. The van der Waals surface area contributed by atoms with Gasteiger partial charge in [-0.3, -0.25) is 15.5 Å². The Bertz CT molecular complexity index is 654. The zero-order valence-electron chi connectivity index (χ0n) is 10.9. The van der Waals surface area contributed by atoms with Crippen molar-refractivity contribution in [2.45, 2.75) is 6.92 Å². The third kappa shape index (κ3) is 3.29. The Kier molecular flexibility index (Phi) is 4.26. The van der Waals surface area contributed by atoms with Crippen LogP contribution in [0.1, 0.15) is 11.3 Å². The normalized spacial score (nSPS) is 10.7. The maximum absolute atomic E-state index is 10.9. The second-order valence-corrected chi connectivity index (χ2v) is 4.71. The van der Waals surface area contributed by atoms with Crippen LogP contribution in [0.15, 0.2) is 28.7 Å². The summed E-state index contributed by atoms with van der Waals surface area (Å²) in [6.45, 7) is 1.89. The van der Waals surface area contributed by atoms with Gasteiger partial charge in [0.15, 0.2) is 5.75 Å². The molecule has 0 radical (unpaired) electrons. The van der Waals surface area contributed by atoms with Crippen LogP contribution >= 0.6 is 11.3 Å². The number of hydrogen-bond acceptors (Lipinski definition) is 7. The Labute approximate surface area is 119 Å². The Hall–Kier alpha value is -2.48. The summed E-state index contributed by atoms with van der Waals surface area (Å²) in [5.41, 5.74) is 4.18. The number of nitro benzene ring substituents is 1. The van der Waals surface area contributed by atoms with Crippen LogP contribution in [0.25, 0.3) is 0 Å². The molecule has 1 N–H and O–H groups in total. The Balaban J connectivity index is 2.13. The molecule has 0 bridgehead atoms. The van der Waals surface area contributed by atoms with E-state index in [0.717, 1.165) is 5.69 Å². The Morgan fingerprint density at radius 2 is 2.35 bits per heavy atom. The van der Waals surface area contributed by atoms with Crippen molar-refractivity contribution in [1.29, 1.82) is 0 Å². The number of hydrogen-bond donors (Lipinski definition) is 1. The molecular formula is C12H12N4O3S. The van der Waals surface area contributed by atoms with Crippen LogP contribution in [0.4, 0.5) is 10.8 Å². The standard InChI is InChI=1S/C12H12N4O3S/c1-8-7-20-12(14-8)15-13-6-9-3-4-11(19-2)10(5-9)16(17)18/h3-7H,1-2H3,(H,14,15)/b13-6-. The molecule has 0 saturated heterocycles. The smallest absolute Gasteiger partial charge is 0.311 e. The number of aryl methyl sites for hydroxylation is 1. The van der Waals surface area contributed by atoms with Crippen molar-refractivity contribution in [2.75, 3.05) is 12.5 Å². The molecule has 1 aromatic carbocycles. The van der Waals surface area contributed by atoms with E-state index in [1.54, 1.807) is 6.07 Å². The summed E-state index contributed by atoms with van der Waals surface area (Å²) in [4.78, 5) is 14.6. The van der Waals surface area contributed by atoms with E-state index in [-0.39, 0.29) is 11.4 Å². The minimum absolute atomic E-state index is 0.0958. The number of methoxy groups -OCH3 is 1. The van der Waals surface area contributed by atoms with Gasteiger partial charge in [0.1, 0.15) is 0 Å². The first-order chi connectivity index (χ1) is 9.60. The molecular weight excluding hydrogens is 280 g/mol. The summed E-state index contributed by atoms with van der Waals surface area (Å²) >= 11 is 1.43. The van der Waals surface area contributed by atoms with Gasteiger partial charge in [-0.25, -0.2) is 4.98 Å². The number of nitrogens with one attached hydrogen (secondary N) is 1. The minimum Gasteiger partial charge on any atom is -0.490 e. The molecule has 2 aromatic rings. The minimum atomic E-state index is -0.492. The molecule has 1 aromatic heterocycles. The molecule has 0 aliphatic carbocycles. The van der Waals surface area contributed by atoms with E-state index in [4.69, 9.17) is 4.74 Å². The molecule has 0 unspecified atom stereocenters. The van der Waals surface area contributed by atoms with Crippen LogP contribution in [-0.4, -0.2) is 23.2 Å². The van der Waals surface area contributed by atoms with Gasteiger partial charge in [-0.2, -0.15) is 5.10 Å². The average molecular weight is 292 g/mol. The van der Waals surface area contributed by atoms with E-state index in [1.165, 1.54) is 36.8 Å². The molecule has 0 aliphatic heterocycles. The molecule has 7 nitrogen and oxygen atoms in total. The fourth-order valence-corrected chi connectivity index (χ4v) is 2.13. The molecule has 0 atom stereocenters. The summed E-state index contributed by atoms with van der Waals surface area (Å²) in [5.74, 6) is 0.218. The van der Waals surface area contributed by atoms with Gasteiger partial charge < -0.3 is 4.74 Å². The van der Waals surface area contributed by atoms with E-state index >= 15 is 0 Å². The van der Waals surface area contributed by atoms with Gasteiger partial charge in [0.05, 0.1) is 23.9 Å². The molecule has 8 heteroatoms. The first kappa shape index (κ1) is 13.9. The van der Waals surface area contributed by atoms with Gasteiger partial charge in [-0.1, -0.05) is 0 Å². The van der Waals surface area contributed by atoms with Crippen LogP contribution in [0.3, 0.4) is 0 Å². The highest BCUT2D eigenvalue weighted by molar-refractivity contribution is 7.13. The molecule has 0 fully saturated rings. The number of rotatable bonds is 5. The van der Waals surface area contributed by atoms with Crippen LogP contribution in [0, 0.1) is 17.0 Å². The molecule has 0 aliphatic rings. The van der Waals surface area contributed by atoms with E-state index in [9.17, 15) is 10.1 Å². The molecule has 0 spiro atoms. The SMILES string of the molecule is COc1ccc(/C=N\Nc2nc(C)cs2)cc1[N+](=O)[O-]. The molecule has 1 heterocycles. The Morgan fingerprint density at radius 3 is 2.95 bits per heavy atom. The topological polar surface area (TPSA) is 89.7 Å². The van der Waals surface area contributed by atoms with Gasteiger partial charge in [-0.05, 0) is 19.1 Å². The monoisotopic (exact) mass is 292 g/mol. The van der Waals surface area contributed by atoms with E-state index in [2.05, 4.69) is 15.5 Å². The number of nitro groups is 1. The van der Waals surface area contributed by atoms with E-state index in [0.29, 0.717) is 10.7 Å². The number of hydrazone groups is 1. The quantitative estimate of drug-likeness (QED) is 0.520. The lowest BCUT2D eigenvalue weighted by atomic mass is 10.2. The number of nitrogens with zero attached hydrogens (tertiary/aromatic N) is 3. The van der Waals surface area contributed by atoms with Crippen molar-refractivity contribution >= 4 is 28.4 Å². The van der Waals surface area contributed by atoms with Crippen LogP contribution in [0.5, 0.6) is 5.75 Å². The first-order valence-corrected chi connectivity index (χ1v) is 6.52. The maximum atomic E-state index is 10.9. The predicted octanol–water partition coefficient (Wildman–Crippen LogP) is 2.81. The van der Waals surface area contributed by atoms with E-state index in [1.807, 2.05) is 12.3 Å². The summed E-state index contributed by atoms with van der Waals surface area (Å²) in [5, 5.41) is 17.4. The summed E-state index contributed by atoms with van der Waals surface area (Å²) in [6, 6.07) is 4.62. The van der Waals surface area contributed by atoms with Gasteiger partial charge in [0.2, 0.25) is 5.13 Å². The molecule has 104 valence electrons. The van der Waals surface area contributed by atoms with Crippen molar-refractivity contribution in [3.8, 4) is 5.75 Å². The highest BCUT2D eigenvalue weighted by atomic mass is 32.1. The van der Waals surface area contributed by atoms with Crippen molar-refractivity contribution in [1.82, 2.24) is 4.98 Å². The molecule has 2 rings (SSSR count). The van der Waals surface area contributed by atoms with Gasteiger partial charge in [0.25, 0.3) is 0 Å². The van der Waals surface area contributed by atoms with Gasteiger partial charge in [0, 0.05) is 17.0 Å². The van der Waals surface area contributed by atoms with Crippen LogP contribution in [0.2, 0.25) is 0 Å². The fraction of sp³-hybridized carbons (Fsp3) is 0.167. The number of aromatic nitrogens is 1. The molecule has 0 saturated carbocycles. The number of benzene rings is 1. The lowest BCUT2D eigenvalue weighted by molar-refractivity contribution is -0.385. The van der Waals surface area contributed by atoms with Crippen molar-refractivity contribution in [2.24, 2.45) is 5.10 Å². The third-order valence-corrected chi connectivity index (χ3v) is 3.26. The zero-order chi connectivity index (χ0) is 14.5. The number of ether oxygens (including phenoxy) is 1. The highest BCUT2D eigenvalue weighted by Crippen LogP contribution is 2.26. The Morgan fingerprint density at radius 1 is 1.55 bits per heavy atom. The highest BCUT2D eigenvalue weighted by Gasteiger charge is 2.14. The van der Waals surface area contributed by atoms with Crippen LogP contribution < -0.4 is 10.2 Å². The van der Waals surface area contributed by atoms with Gasteiger partial charge in [-0.15, -0.1) is 11.3 Å². The molecule has 20 heavy (non-hydrogen) atoms. The number of thiazole rings is 1. The lowest BCUT2D eigenvalue weighted by Crippen LogP contribution is -1.96. The predicted molar refractivity (Wildman–Crippen MR) is 77.7 cm³/mol. The summed E-state index contributed by atoms with van der Waals surface area (Å²) < 4.78 is 4.93. The van der Waals surface area contributed by atoms with Crippen molar-refractivity contribution in [3.63, 3.8) is 0 Å². The van der Waals surface area contributed by atoms with E-state index < -0.39 is 4.92 Å². The average Bonchev–Trinajstić information content (AvgIpc) is 2.84. The van der Waals surface area contributed by atoms with Gasteiger partial charge >= 0.3 is 5.69 Å². The third-order valence-electron chi connectivity index (χ3n) is 2.39. The second-order valence-electron chi connectivity index (χ2n) is 3.85. The van der Waals surface area contributed by atoms with Crippen LogP contribution in [-0.2, 0) is 0 Å². The number of anilines is 1. The van der Waals surface area contributed by atoms with Crippen molar-refractivity contribution in [3.05, 3.63) is 45.0 Å². The summed E-state index contributed by atoms with van der Waals surface area (Å²) in [7, 11) is 1.39. The zero-order valence-corrected chi connectivity index (χ0v) is 11.7. The summed E-state index contributed by atoms with van der Waals surface area (Å²) in [6.07, 6.45) is 1.49. The maximum Gasteiger partial charge on any atom is 0.311 e. The fourth-order valence-electron chi connectivity index (χ4n) is 1.50. The van der Waals surface area contributed by atoms with Crippen molar-refractivity contribution < 1.29 is 9.66 Å². The lowest BCUT2D eigenvalue weighted by Gasteiger charge is -2.01. The second kappa shape index (κ2) is 6.11.